The van der Waals surface area contributed by atoms with Crippen LogP contribution in [0.4, 0.5) is 13.2 Å². The van der Waals surface area contributed by atoms with Gasteiger partial charge >= 0.3 is 27.2 Å². The summed E-state index contributed by atoms with van der Waals surface area (Å²) in [4.78, 5) is 15.4. The zero-order valence-electron chi connectivity index (χ0n) is 36.5. The molecule has 11 aromatic rings. The van der Waals surface area contributed by atoms with Crippen molar-refractivity contribution in [2.75, 3.05) is 0 Å². The number of fused-ring (bicyclic) bond motifs is 7. The van der Waals surface area contributed by atoms with Gasteiger partial charge in [0, 0.05) is 23.0 Å². The number of aryl methyl sites for hydroxylation is 3. The van der Waals surface area contributed by atoms with Crippen molar-refractivity contribution in [3.63, 3.8) is 0 Å². The number of imidazole rings is 1. The predicted octanol–water partition coefficient (Wildman–Crippen LogP) is 14.8. The second kappa shape index (κ2) is 15.5. The van der Waals surface area contributed by atoms with Gasteiger partial charge in [-0.3, -0.25) is 4.57 Å². The molecule has 65 heavy (non-hydrogen) atoms. The van der Waals surface area contributed by atoms with Crippen LogP contribution in [0.15, 0.2) is 146 Å². The minimum Gasteiger partial charge on any atom is -0.656 e. The van der Waals surface area contributed by atoms with E-state index in [4.69, 9.17) is 15.0 Å². The van der Waals surface area contributed by atoms with Crippen LogP contribution < -0.4 is 4.98 Å². The summed E-state index contributed by atoms with van der Waals surface area (Å²) in [6.07, 6.45) is -2.66. The molecule has 0 saturated carbocycles. The molecule has 0 radical (unpaired) electrons. The Balaban J connectivity index is 0.00000498. The molecule has 4 heterocycles. The van der Waals surface area contributed by atoms with Crippen molar-refractivity contribution in [2.24, 2.45) is 0 Å². The molecule has 0 atom stereocenters. The van der Waals surface area contributed by atoms with E-state index < -0.39 is 11.7 Å². The van der Waals surface area contributed by atoms with Crippen LogP contribution in [0.3, 0.4) is 0 Å². The van der Waals surface area contributed by atoms with Gasteiger partial charge in [0.2, 0.25) is 0 Å². The van der Waals surface area contributed by atoms with Crippen molar-refractivity contribution in [3.05, 3.63) is 180 Å². The van der Waals surface area contributed by atoms with Gasteiger partial charge in [-0.1, -0.05) is 122 Å². The molecule has 0 unspecified atom stereocenters. The third-order valence-electron chi connectivity index (χ3n) is 12.6. The van der Waals surface area contributed by atoms with Gasteiger partial charge in [-0.15, -0.1) is 34.8 Å². The summed E-state index contributed by atoms with van der Waals surface area (Å²) >= 11 is 0. The molecule has 0 aliphatic heterocycles. The minimum atomic E-state index is -4.54. The van der Waals surface area contributed by atoms with Crippen molar-refractivity contribution in [1.82, 2.24) is 24.1 Å². The Morgan fingerprint density at radius 1 is 0.615 bits per heavy atom. The quantitative estimate of drug-likeness (QED) is 0.161. The number of alkyl halides is 3. The molecule has 0 bridgehead atoms. The van der Waals surface area contributed by atoms with E-state index in [2.05, 4.69) is 107 Å². The van der Waals surface area contributed by atoms with Crippen LogP contribution in [-0.2, 0) is 32.7 Å². The average Bonchev–Trinajstić information content (AvgIpc) is 3.95. The molecule has 0 N–H and O–H groups in total. The van der Waals surface area contributed by atoms with E-state index in [1.807, 2.05) is 71.4 Å². The van der Waals surface area contributed by atoms with Crippen LogP contribution in [0, 0.1) is 26.8 Å². The molecular weight excluding hydrogens is 995 g/mol. The number of nitrogens with zero attached hydrogens (tertiary/aromatic N) is 5. The molecule has 11 rings (SSSR count). The van der Waals surface area contributed by atoms with Gasteiger partial charge in [-0.2, -0.15) is 13.2 Å². The smallest absolute Gasteiger partial charge is 0.656 e. The van der Waals surface area contributed by atoms with Crippen LogP contribution in [-0.4, -0.2) is 19.1 Å². The van der Waals surface area contributed by atoms with Gasteiger partial charge in [0.05, 0.1) is 16.6 Å². The summed E-state index contributed by atoms with van der Waals surface area (Å²) in [5, 5.41) is 4.05. The molecule has 0 aliphatic rings. The first-order valence-corrected chi connectivity index (χ1v) is 21.4. The molecule has 0 saturated heterocycles. The van der Waals surface area contributed by atoms with E-state index >= 15 is 0 Å². The number of aromatic nitrogens is 5. The summed E-state index contributed by atoms with van der Waals surface area (Å²) in [6.45, 7) is 13.1. The van der Waals surface area contributed by atoms with Gasteiger partial charge in [0.1, 0.15) is 11.6 Å². The number of rotatable bonds is 5. The number of para-hydroxylation sites is 3. The maximum absolute atomic E-state index is 14.3. The maximum Gasteiger partial charge on any atom is 2.00 e. The van der Waals surface area contributed by atoms with Gasteiger partial charge in [0.25, 0.3) is 0 Å². The van der Waals surface area contributed by atoms with E-state index in [1.165, 1.54) is 34.4 Å². The number of benzene rings is 7. The molecule has 0 spiro atoms. The number of hydrogen-bond acceptors (Lipinski definition) is 2. The van der Waals surface area contributed by atoms with Gasteiger partial charge in [-0.25, -0.2) is 9.97 Å². The second-order valence-electron chi connectivity index (χ2n) is 18.0. The largest absolute Gasteiger partial charge is 2.00 e. The van der Waals surface area contributed by atoms with Crippen molar-refractivity contribution in [2.45, 2.75) is 53.1 Å². The Morgan fingerprint density at radius 2 is 1.35 bits per heavy atom. The summed E-state index contributed by atoms with van der Waals surface area (Å²) in [7, 11) is 0. The average molecular weight is 1040 g/mol. The van der Waals surface area contributed by atoms with Crippen molar-refractivity contribution in [1.29, 1.82) is 0 Å². The molecule has 4 aromatic heterocycles. The standard InChI is InChI=1S/C56H42F3N5.Pt/c1-32-26-33(2)51(34(3)27-32)36-21-23-47-45(28-36)42-22-20-35(29-49(42)64(47)50-31-37(24-25-60-50)55(4,5)6)40-15-11-19-48-53(40)62-54(63(48)39-13-9-12-38(30-39)56(57,58)59)44-17-10-16-43-41-14-7-8-18-46(41)61-52(43)44;/h7-28,30-31H,1-6H3;/q-2;+2. The van der Waals surface area contributed by atoms with E-state index in [-0.39, 0.29) is 26.5 Å². The number of pyridine rings is 1. The molecule has 9 heteroatoms. The Morgan fingerprint density at radius 3 is 2.14 bits per heavy atom. The Hall–Kier alpha value is -6.76. The fourth-order valence-corrected chi connectivity index (χ4v) is 9.70. The van der Waals surface area contributed by atoms with E-state index in [0.29, 0.717) is 28.1 Å². The molecule has 0 fully saturated rings. The van der Waals surface area contributed by atoms with Crippen LogP contribution in [0.25, 0.3) is 99.8 Å². The van der Waals surface area contributed by atoms with E-state index in [9.17, 15) is 13.2 Å². The van der Waals surface area contributed by atoms with Crippen molar-refractivity contribution in [3.8, 4) is 45.1 Å². The van der Waals surface area contributed by atoms with Crippen LogP contribution in [0.2, 0.25) is 0 Å². The maximum atomic E-state index is 14.3. The molecular formula is C56H42F3N5Pt. The normalized spacial score (nSPS) is 12.3. The summed E-state index contributed by atoms with van der Waals surface area (Å²) in [6, 6.07) is 48.6. The zero-order valence-corrected chi connectivity index (χ0v) is 38.8. The number of hydrogen-bond donors (Lipinski definition) is 0. The molecule has 0 amide bonds. The molecule has 7 aromatic carbocycles. The monoisotopic (exact) mass is 1040 g/mol. The zero-order chi connectivity index (χ0) is 44.2. The minimum absolute atomic E-state index is 0. The van der Waals surface area contributed by atoms with Gasteiger partial charge < -0.3 is 9.55 Å². The second-order valence-corrected chi connectivity index (χ2v) is 18.0. The fraction of sp³-hybridized carbons (Fsp3) is 0.143. The molecule has 0 aliphatic carbocycles. The summed E-state index contributed by atoms with van der Waals surface area (Å²) in [5.74, 6) is 1.27. The first kappa shape index (κ1) is 42.2. The van der Waals surface area contributed by atoms with Crippen LogP contribution >= 0.6 is 0 Å². The fourth-order valence-electron chi connectivity index (χ4n) is 9.70. The molecule has 322 valence electrons. The number of halogens is 3. The Labute approximate surface area is 388 Å². The summed E-state index contributed by atoms with van der Waals surface area (Å²) < 4.78 is 47.0. The first-order chi connectivity index (χ1) is 30.7. The first-order valence-electron chi connectivity index (χ1n) is 21.4. The Kier molecular flexibility index (Phi) is 10.0. The predicted molar refractivity (Wildman–Crippen MR) is 255 cm³/mol. The van der Waals surface area contributed by atoms with E-state index in [1.54, 1.807) is 6.07 Å². The van der Waals surface area contributed by atoms with Gasteiger partial charge in [0.15, 0.2) is 0 Å². The molecule has 5 nitrogen and oxygen atoms in total. The topological polar surface area (TPSA) is 49.7 Å². The third kappa shape index (κ3) is 6.98. The van der Waals surface area contributed by atoms with Gasteiger partial charge in [-0.05, 0) is 118 Å². The van der Waals surface area contributed by atoms with Crippen LogP contribution in [0.5, 0.6) is 0 Å². The van der Waals surface area contributed by atoms with Crippen molar-refractivity contribution >= 4 is 54.6 Å². The summed E-state index contributed by atoms with van der Waals surface area (Å²) in [5.41, 5.74) is 13.7. The van der Waals surface area contributed by atoms with Crippen molar-refractivity contribution < 1.29 is 34.2 Å². The Bertz CT molecular complexity index is 3670. The SMILES string of the molecule is Cc1cc(C)c(-c2ccc3c(c2)c2ccc(-c4cccc5c4nc(-c4cccc6c4[n-]c4ccccc46)n5-c4cccc(C(F)(F)F)c4)[c-]c2n3-c2cc(C(C)(C)C)ccn2)c(C)c1.[Pt+2]. The van der Waals surface area contributed by atoms with Crippen LogP contribution in [0.1, 0.15) is 48.6 Å². The van der Waals surface area contributed by atoms with E-state index in [0.717, 1.165) is 77.7 Å². The third-order valence-corrected chi connectivity index (χ3v) is 12.6.